The Balaban J connectivity index is 2.11. The second kappa shape index (κ2) is 3.57. The summed E-state index contributed by atoms with van der Waals surface area (Å²) in [6.07, 6.45) is 3.17. The Hall–Kier alpha value is -0.950. The lowest BCUT2D eigenvalue weighted by Crippen LogP contribution is -2.29. The average molecular weight is 246 g/mol. The van der Waals surface area contributed by atoms with Crippen LogP contribution in [0.3, 0.4) is 0 Å². The molecular weight excluding hydrogens is 236 g/mol. The largest absolute Gasteiger partial charge is 0.284 e. The maximum Gasteiger partial charge on any atom is 0.284 e. The number of nitrogens with zero attached hydrogens (tertiary/aromatic N) is 1. The minimum atomic E-state index is -3.50. The zero-order valence-electron chi connectivity index (χ0n) is 8.06. The number of sulfonamides is 1. The van der Waals surface area contributed by atoms with Crippen molar-refractivity contribution in [3.8, 4) is 0 Å². The highest BCUT2D eigenvalue weighted by Crippen LogP contribution is 2.41. The van der Waals surface area contributed by atoms with Crippen LogP contribution in [0.4, 0.5) is 0 Å². The molecular formula is C8H10N2O3S2. The summed E-state index contributed by atoms with van der Waals surface area (Å²) in [4.78, 5) is 15.5. The molecule has 0 unspecified atom stereocenters. The highest BCUT2D eigenvalue weighted by Gasteiger charge is 2.27. The fourth-order valence-corrected chi connectivity index (χ4v) is 2.54. The lowest BCUT2D eigenvalue weighted by molar-refractivity contribution is 0.0977. The molecule has 0 saturated heterocycles. The lowest BCUT2D eigenvalue weighted by Gasteiger charge is -1.98. The molecule has 1 aromatic heterocycles. The van der Waals surface area contributed by atoms with Crippen LogP contribution in [0.15, 0.2) is 5.38 Å². The second-order valence-electron chi connectivity index (χ2n) is 3.55. The summed E-state index contributed by atoms with van der Waals surface area (Å²) < 4.78 is 23.5. The molecule has 1 aromatic rings. The van der Waals surface area contributed by atoms with Gasteiger partial charge < -0.3 is 0 Å². The summed E-state index contributed by atoms with van der Waals surface area (Å²) in [7, 11) is -3.50. The number of rotatable bonds is 3. The summed E-state index contributed by atoms with van der Waals surface area (Å²) in [5, 5.41) is 2.52. The summed E-state index contributed by atoms with van der Waals surface area (Å²) >= 11 is 1.41. The normalized spacial score (nSPS) is 16.3. The van der Waals surface area contributed by atoms with E-state index in [1.165, 1.54) is 11.3 Å². The molecule has 0 radical (unpaired) electrons. The van der Waals surface area contributed by atoms with E-state index in [-0.39, 0.29) is 5.69 Å². The Morgan fingerprint density at radius 1 is 1.60 bits per heavy atom. The van der Waals surface area contributed by atoms with Gasteiger partial charge in [0.2, 0.25) is 10.0 Å². The summed E-state index contributed by atoms with van der Waals surface area (Å²) in [5.74, 6) is -0.171. The highest BCUT2D eigenvalue weighted by molar-refractivity contribution is 7.89. The van der Waals surface area contributed by atoms with E-state index in [1.807, 2.05) is 4.72 Å². The Bertz CT molecular complexity index is 488. The summed E-state index contributed by atoms with van der Waals surface area (Å²) in [5.41, 5.74) is 0.187. The molecule has 0 aromatic carbocycles. The van der Waals surface area contributed by atoms with Gasteiger partial charge in [-0.3, -0.25) is 4.79 Å². The molecule has 0 aliphatic heterocycles. The first-order valence-corrected chi connectivity index (χ1v) is 7.20. The van der Waals surface area contributed by atoms with Gasteiger partial charge in [0.05, 0.1) is 11.3 Å². The predicted octanol–water partition coefficient (Wildman–Crippen LogP) is 0.710. The van der Waals surface area contributed by atoms with Crippen molar-refractivity contribution >= 4 is 27.3 Å². The Morgan fingerprint density at radius 3 is 2.80 bits per heavy atom. The number of amides is 1. The number of carbonyl (C=O) groups is 1. The number of carbonyl (C=O) groups excluding carboxylic acids is 1. The van der Waals surface area contributed by atoms with Crippen LogP contribution in [0, 0.1) is 0 Å². The molecule has 15 heavy (non-hydrogen) atoms. The fraction of sp³-hybridized carbons (Fsp3) is 0.500. The van der Waals surface area contributed by atoms with Gasteiger partial charge in [-0.25, -0.2) is 18.1 Å². The minimum absolute atomic E-state index is 0.187. The van der Waals surface area contributed by atoms with Crippen LogP contribution in [-0.4, -0.2) is 25.6 Å². The molecule has 1 aliphatic carbocycles. The number of hydrogen-bond donors (Lipinski definition) is 1. The third-order valence-corrected chi connectivity index (χ3v) is 3.52. The van der Waals surface area contributed by atoms with Gasteiger partial charge in [-0.2, -0.15) is 0 Å². The highest BCUT2D eigenvalue weighted by atomic mass is 32.2. The Labute approximate surface area is 91.6 Å². The molecule has 5 nitrogen and oxygen atoms in total. The monoisotopic (exact) mass is 246 g/mol. The fourth-order valence-electron chi connectivity index (χ4n) is 1.13. The number of nitrogens with one attached hydrogen (secondary N) is 1. The van der Waals surface area contributed by atoms with Gasteiger partial charge in [-0.15, -0.1) is 11.3 Å². The first-order valence-electron chi connectivity index (χ1n) is 4.43. The van der Waals surface area contributed by atoms with E-state index in [0.29, 0.717) is 5.92 Å². The van der Waals surface area contributed by atoms with Gasteiger partial charge in [0.15, 0.2) is 0 Å². The van der Waals surface area contributed by atoms with Crippen molar-refractivity contribution in [1.29, 1.82) is 0 Å². The molecule has 1 saturated carbocycles. The smallest absolute Gasteiger partial charge is 0.266 e. The summed E-state index contributed by atoms with van der Waals surface area (Å²) in [6.45, 7) is 0. The molecule has 1 heterocycles. The van der Waals surface area contributed by atoms with Gasteiger partial charge in [0.1, 0.15) is 5.69 Å². The average Bonchev–Trinajstić information content (AvgIpc) is 2.81. The number of hydrogen-bond acceptors (Lipinski definition) is 5. The van der Waals surface area contributed by atoms with E-state index in [1.54, 1.807) is 5.38 Å². The second-order valence-corrected chi connectivity index (χ2v) is 6.19. The van der Waals surface area contributed by atoms with Gasteiger partial charge in [0, 0.05) is 11.3 Å². The summed E-state index contributed by atoms with van der Waals surface area (Å²) in [6, 6.07) is 0. The standard InChI is InChI=1S/C8H10N2O3S2/c1-15(12,13)10-7(11)6-4-14-8(9-6)5-2-3-5/h4-5H,2-3H2,1H3,(H,10,11). The van der Waals surface area contributed by atoms with Crippen LogP contribution in [-0.2, 0) is 10.0 Å². The zero-order chi connectivity index (χ0) is 11.1. The molecule has 1 N–H and O–H groups in total. The van der Waals surface area contributed by atoms with E-state index in [9.17, 15) is 13.2 Å². The van der Waals surface area contributed by atoms with E-state index < -0.39 is 15.9 Å². The van der Waals surface area contributed by atoms with Crippen molar-refractivity contribution in [3.05, 3.63) is 16.1 Å². The lowest BCUT2D eigenvalue weighted by atomic mass is 10.4. The topological polar surface area (TPSA) is 76.1 Å². The quantitative estimate of drug-likeness (QED) is 0.852. The molecule has 1 fully saturated rings. The van der Waals surface area contributed by atoms with Crippen LogP contribution in [0.1, 0.15) is 34.3 Å². The zero-order valence-corrected chi connectivity index (χ0v) is 9.69. The van der Waals surface area contributed by atoms with E-state index in [4.69, 9.17) is 0 Å². The van der Waals surface area contributed by atoms with Crippen molar-refractivity contribution in [2.75, 3.05) is 6.26 Å². The maximum absolute atomic E-state index is 11.4. The number of aromatic nitrogens is 1. The van der Waals surface area contributed by atoms with Crippen molar-refractivity contribution < 1.29 is 13.2 Å². The molecule has 1 aliphatic rings. The number of thiazole rings is 1. The predicted molar refractivity (Wildman–Crippen MR) is 56.4 cm³/mol. The third-order valence-electron chi connectivity index (χ3n) is 1.96. The molecule has 0 spiro atoms. The minimum Gasteiger partial charge on any atom is -0.266 e. The molecule has 7 heteroatoms. The third kappa shape index (κ3) is 2.75. The first-order chi connectivity index (χ1) is 6.96. The van der Waals surface area contributed by atoms with Crippen molar-refractivity contribution in [2.24, 2.45) is 0 Å². The van der Waals surface area contributed by atoms with Crippen LogP contribution in [0.25, 0.3) is 0 Å². The van der Waals surface area contributed by atoms with Crippen molar-refractivity contribution in [2.45, 2.75) is 18.8 Å². The van der Waals surface area contributed by atoms with Gasteiger partial charge in [0.25, 0.3) is 5.91 Å². The van der Waals surface area contributed by atoms with Gasteiger partial charge in [-0.1, -0.05) is 0 Å². The Morgan fingerprint density at radius 2 is 2.27 bits per heavy atom. The van der Waals surface area contributed by atoms with Crippen LogP contribution >= 0.6 is 11.3 Å². The van der Waals surface area contributed by atoms with Gasteiger partial charge >= 0.3 is 0 Å². The molecule has 2 rings (SSSR count). The molecule has 0 atom stereocenters. The SMILES string of the molecule is CS(=O)(=O)NC(=O)c1csc(C2CC2)n1. The van der Waals surface area contributed by atoms with Crippen LogP contribution in [0.2, 0.25) is 0 Å². The molecule has 1 amide bonds. The van der Waals surface area contributed by atoms with Crippen molar-refractivity contribution in [1.82, 2.24) is 9.71 Å². The van der Waals surface area contributed by atoms with E-state index >= 15 is 0 Å². The van der Waals surface area contributed by atoms with Gasteiger partial charge in [-0.05, 0) is 12.8 Å². The van der Waals surface area contributed by atoms with E-state index in [0.717, 1.165) is 24.1 Å². The molecule has 82 valence electrons. The van der Waals surface area contributed by atoms with Crippen molar-refractivity contribution in [3.63, 3.8) is 0 Å². The maximum atomic E-state index is 11.4. The van der Waals surface area contributed by atoms with Crippen LogP contribution in [0.5, 0.6) is 0 Å². The Kier molecular flexibility index (Phi) is 2.51. The molecule has 0 bridgehead atoms. The van der Waals surface area contributed by atoms with E-state index in [2.05, 4.69) is 4.98 Å². The van der Waals surface area contributed by atoms with Crippen LogP contribution < -0.4 is 4.72 Å². The first kappa shape index (κ1) is 10.6.